The number of benzene rings is 1. The lowest BCUT2D eigenvalue weighted by molar-refractivity contribution is -0.136. The van der Waals surface area contributed by atoms with Gasteiger partial charge in [0.1, 0.15) is 5.75 Å². The monoisotopic (exact) mass is 390 g/mol. The van der Waals surface area contributed by atoms with Crippen LogP contribution in [0.5, 0.6) is 5.75 Å². The number of carbonyl (C=O) groups excluding carboxylic acids is 2. The third kappa shape index (κ3) is 3.01. The van der Waals surface area contributed by atoms with Gasteiger partial charge in [0.2, 0.25) is 0 Å². The molecule has 3 aliphatic rings. The first kappa shape index (κ1) is 18.9. The molecule has 0 amide bonds. The largest absolute Gasteiger partial charge is 0.427 e. The SMILES string of the molecule is CCO[C@H]1C[C@]2(C)C(=O)C(Cl)C[C@H]2[C@@H]2CCc3cc(OC(C)=O)ccc3[C@H]21. The number of halogens is 1. The van der Waals surface area contributed by atoms with Gasteiger partial charge in [-0.25, -0.2) is 0 Å². The van der Waals surface area contributed by atoms with Crippen LogP contribution < -0.4 is 4.74 Å². The molecule has 4 rings (SSSR count). The maximum Gasteiger partial charge on any atom is 0.308 e. The number of aryl methyl sites for hydroxylation is 1. The van der Waals surface area contributed by atoms with E-state index in [0.717, 1.165) is 25.7 Å². The topological polar surface area (TPSA) is 52.6 Å². The van der Waals surface area contributed by atoms with Crippen LogP contribution in [0.15, 0.2) is 18.2 Å². The predicted molar refractivity (Wildman–Crippen MR) is 103 cm³/mol. The maximum atomic E-state index is 12.8. The van der Waals surface area contributed by atoms with Crippen LogP contribution >= 0.6 is 11.6 Å². The van der Waals surface area contributed by atoms with E-state index in [1.165, 1.54) is 18.1 Å². The summed E-state index contributed by atoms with van der Waals surface area (Å²) < 4.78 is 11.5. The van der Waals surface area contributed by atoms with E-state index in [-0.39, 0.29) is 34.6 Å². The van der Waals surface area contributed by atoms with Gasteiger partial charge in [0.15, 0.2) is 5.78 Å². The molecule has 6 atom stereocenters. The molecular formula is C22H27ClO4. The molecule has 1 aromatic carbocycles. The van der Waals surface area contributed by atoms with Crippen molar-refractivity contribution in [2.24, 2.45) is 17.3 Å². The van der Waals surface area contributed by atoms with Gasteiger partial charge in [0.25, 0.3) is 0 Å². The first-order valence-electron chi connectivity index (χ1n) is 9.96. The van der Waals surface area contributed by atoms with Gasteiger partial charge in [-0.3, -0.25) is 9.59 Å². The average Bonchev–Trinajstić information content (AvgIpc) is 2.84. The van der Waals surface area contributed by atoms with Crippen LogP contribution in [0.1, 0.15) is 57.1 Å². The first-order chi connectivity index (χ1) is 12.8. The molecule has 2 fully saturated rings. The van der Waals surface area contributed by atoms with Crippen molar-refractivity contribution in [3.8, 4) is 5.75 Å². The second kappa shape index (κ2) is 6.89. The molecule has 0 aliphatic heterocycles. The number of fused-ring (bicyclic) bond motifs is 5. The van der Waals surface area contributed by atoms with Crippen LogP contribution in [0, 0.1) is 17.3 Å². The summed E-state index contributed by atoms with van der Waals surface area (Å²) in [7, 11) is 0. The minimum atomic E-state index is -0.372. The quantitative estimate of drug-likeness (QED) is 0.439. The van der Waals surface area contributed by atoms with Gasteiger partial charge < -0.3 is 9.47 Å². The van der Waals surface area contributed by atoms with Crippen molar-refractivity contribution in [2.45, 2.75) is 63.9 Å². The number of ketones is 1. The Balaban J connectivity index is 1.73. The Morgan fingerprint density at radius 1 is 1.37 bits per heavy atom. The minimum Gasteiger partial charge on any atom is -0.427 e. The molecule has 0 aromatic heterocycles. The van der Waals surface area contributed by atoms with Crippen molar-refractivity contribution in [1.29, 1.82) is 0 Å². The summed E-state index contributed by atoms with van der Waals surface area (Å²) in [4.78, 5) is 24.1. The molecule has 4 nitrogen and oxygen atoms in total. The van der Waals surface area contributed by atoms with E-state index < -0.39 is 0 Å². The number of hydrogen-bond donors (Lipinski definition) is 0. The molecule has 1 aromatic rings. The molecule has 3 aliphatic carbocycles. The van der Waals surface area contributed by atoms with E-state index in [0.29, 0.717) is 24.2 Å². The van der Waals surface area contributed by atoms with Gasteiger partial charge >= 0.3 is 5.97 Å². The van der Waals surface area contributed by atoms with Crippen LogP contribution in [0.25, 0.3) is 0 Å². The van der Waals surface area contributed by atoms with Crippen molar-refractivity contribution >= 4 is 23.4 Å². The summed E-state index contributed by atoms with van der Waals surface area (Å²) in [5.74, 6) is 1.49. The smallest absolute Gasteiger partial charge is 0.308 e. The zero-order valence-electron chi connectivity index (χ0n) is 16.2. The summed E-state index contributed by atoms with van der Waals surface area (Å²) in [6, 6.07) is 5.96. The molecule has 146 valence electrons. The number of hydrogen-bond acceptors (Lipinski definition) is 4. The Kier molecular flexibility index (Phi) is 4.84. The number of rotatable bonds is 3. The second-order valence-corrected chi connectivity index (χ2v) is 9.00. The summed E-state index contributed by atoms with van der Waals surface area (Å²) in [6.07, 6.45) is 3.48. The molecule has 0 saturated heterocycles. The molecule has 1 unspecified atom stereocenters. The highest BCUT2D eigenvalue weighted by Gasteiger charge is 2.60. The number of alkyl halides is 1. The molecule has 2 saturated carbocycles. The standard InChI is InChI=1S/C22H27ClO4/c1-4-26-19-11-22(3)17(10-18(23)21(22)25)16-7-5-13-9-14(27-12(2)24)6-8-15(13)20(16)19/h6,8-9,16-20H,4-5,7,10-11H2,1-3H3/t16-,17-,18?,19-,20+,22-/m0/s1. The molecule has 27 heavy (non-hydrogen) atoms. The molecular weight excluding hydrogens is 364 g/mol. The Morgan fingerprint density at radius 2 is 2.15 bits per heavy atom. The third-order valence-electron chi connectivity index (χ3n) is 6.99. The zero-order chi connectivity index (χ0) is 19.3. The fourth-order valence-electron chi connectivity index (χ4n) is 5.96. The Bertz CT molecular complexity index is 776. The number of carbonyl (C=O) groups is 2. The Hall–Kier alpha value is -1.39. The zero-order valence-corrected chi connectivity index (χ0v) is 16.9. The van der Waals surface area contributed by atoms with Crippen molar-refractivity contribution in [3.63, 3.8) is 0 Å². The maximum absolute atomic E-state index is 12.8. The third-order valence-corrected chi connectivity index (χ3v) is 7.37. The fraction of sp³-hybridized carbons (Fsp3) is 0.636. The molecule has 5 heteroatoms. The van der Waals surface area contributed by atoms with Crippen molar-refractivity contribution in [2.75, 3.05) is 6.61 Å². The molecule has 0 radical (unpaired) electrons. The molecule has 0 bridgehead atoms. The second-order valence-electron chi connectivity index (χ2n) is 8.47. The van der Waals surface area contributed by atoms with E-state index in [1.807, 2.05) is 19.1 Å². The summed E-state index contributed by atoms with van der Waals surface area (Å²) in [5, 5.41) is -0.367. The predicted octanol–water partition coefficient (Wildman–Crippen LogP) is 4.27. The van der Waals surface area contributed by atoms with Crippen molar-refractivity contribution in [3.05, 3.63) is 29.3 Å². The highest BCUT2D eigenvalue weighted by Crippen LogP contribution is 2.61. The van der Waals surface area contributed by atoms with Crippen LogP contribution in [0.3, 0.4) is 0 Å². The van der Waals surface area contributed by atoms with Crippen LogP contribution in [-0.2, 0) is 20.7 Å². The highest BCUT2D eigenvalue weighted by atomic mass is 35.5. The van der Waals surface area contributed by atoms with E-state index in [9.17, 15) is 9.59 Å². The van der Waals surface area contributed by atoms with Gasteiger partial charge in [-0.2, -0.15) is 0 Å². The highest BCUT2D eigenvalue weighted by molar-refractivity contribution is 6.32. The van der Waals surface area contributed by atoms with Gasteiger partial charge in [-0.05, 0) is 67.7 Å². The number of Topliss-reactive ketones (excluding diaryl/α,β-unsaturated/α-hetero) is 1. The van der Waals surface area contributed by atoms with Crippen LogP contribution in [-0.4, -0.2) is 29.8 Å². The van der Waals surface area contributed by atoms with Crippen LogP contribution in [0.4, 0.5) is 0 Å². The Morgan fingerprint density at radius 3 is 2.85 bits per heavy atom. The summed E-state index contributed by atoms with van der Waals surface area (Å²) in [6.45, 7) is 6.16. The molecule has 0 N–H and O–H groups in total. The van der Waals surface area contributed by atoms with E-state index in [1.54, 1.807) is 0 Å². The van der Waals surface area contributed by atoms with Gasteiger partial charge in [-0.15, -0.1) is 11.6 Å². The summed E-state index contributed by atoms with van der Waals surface area (Å²) >= 11 is 6.41. The lowest BCUT2D eigenvalue weighted by Crippen LogP contribution is -2.50. The van der Waals surface area contributed by atoms with Gasteiger partial charge in [0.05, 0.1) is 11.5 Å². The van der Waals surface area contributed by atoms with Crippen LogP contribution in [0.2, 0.25) is 0 Å². The minimum absolute atomic E-state index is 0.0193. The molecule has 0 heterocycles. The van der Waals surface area contributed by atoms with Gasteiger partial charge in [0, 0.05) is 24.9 Å². The van der Waals surface area contributed by atoms with Crippen molar-refractivity contribution < 1.29 is 19.1 Å². The van der Waals surface area contributed by atoms with E-state index in [4.69, 9.17) is 21.1 Å². The Labute approximate surface area is 165 Å². The summed E-state index contributed by atoms with van der Waals surface area (Å²) in [5.41, 5.74) is 2.14. The fourth-order valence-corrected chi connectivity index (χ4v) is 6.41. The number of esters is 1. The lowest BCUT2D eigenvalue weighted by Gasteiger charge is -2.51. The van der Waals surface area contributed by atoms with E-state index in [2.05, 4.69) is 13.0 Å². The number of ether oxygens (including phenoxy) is 2. The van der Waals surface area contributed by atoms with Gasteiger partial charge in [-0.1, -0.05) is 13.0 Å². The van der Waals surface area contributed by atoms with Crippen molar-refractivity contribution in [1.82, 2.24) is 0 Å². The van der Waals surface area contributed by atoms with E-state index >= 15 is 0 Å². The normalized spacial score (nSPS) is 37.3. The molecule has 0 spiro atoms. The first-order valence-corrected chi connectivity index (χ1v) is 10.4. The average molecular weight is 391 g/mol. The lowest BCUT2D eigenvalue weighted by atomic mass is 9.54.